The molecule has 3 N–H and O–H groups in total. The second kappa shape index (κ2) is 5.16. The molecular weight excluding hydrogens is 294 g/mol. The van der Waals surface area contributed by atoms with Crippen molar-refractivity contribution < 1.29 is 8.42 Å². The van der Waals surface area contributed by atoms with Crippen molar-refractivity contribution in [2.24, 2.45) is 0 Å². The lowest BCUT2D eigenvalue weighted by atomic mass is 10.1. The first-order valence-electron chi connectivity index (χ1n) is 6.02. The van der Waals surface area contributed by atoms with Crippen LogP contribution in [0.4, 0.5) is 5.69 Å². The molecule has 0 unspecified atom stereocenters. The summed E-state index contributed by atoms with van der Waals surface area (Å²) in [7, 11) is -3.62. The Hall–Kier alpha value is -1.44. The Morgan fingerprint density at radius 1 is 1.35 bits per heavy atom. The summed E-state index contributed by atoms with van der Waals surface area (Å²) >= 11 is 1.41. The van der Waals surface area contributed by atoms with E-state index >= 15 is 0 Å². The Kier molecular flexibility index (Phi) is 3.86. The molecule has 0 spiro atoms. The molecule has 0 aliphatic rings. The number of aryl methyl sites for hydroxylation is 1. The highest BCUT2D eigenvalue weighted by molar-refractivity contribution is 7.89. The van der Waals surface area contributed by atoms with Gasteiger partial charge < -0.3 is 5.73 Å². The quantitative estimate of drug-likeness (QED) is 0.848. The maximum absolute atomic E-state index is 12.4. The van der Waals surface area contributed by atoms with E-state index in [0.29, 0.717) is 10.7 Å². The molecule has 7 heteroatoms. The van der Waals surface area contributed by atoms with Crippen molar-refractivity contribution in [3.8, 4) is 0 Å². The molecule has 2 aromatic rings. The van der Waals surface area contributed by atoms with Crippen molar-refractivity contribution in [2.45, 2.75) is 31.2 Å². The summed E-state index contributed by atoms with van der Waals surface area (Å²) < 4.78 is 27.5. The van der Waals surface area contributed by atoms with Gasteiger partial charge in [-0.25, -0.2) is 13.4 Å². The van der Waals surface area contributed by atoms with E-state index in [0.717, 1.165) is 5.56 Å². The average Bonchev–Trinajstić information content (AvgIpc) is 2.85. The van der Waals surface area contributed by atoms with Crippen molar-refractivity contribution in [1.29, 1.82) is 0 Å². The lowest BCUT2D eigenvalue weighted by Crippen LogP contribution is -2.40. The first-order chi connectivity index (χ1) is 9.22. The number of nitrogen functional groups attached to an aromatic ring is 1. The van der Waals surface area contributed by atoms with Crippen LogP contribution >= 0.6 is 11.3 Å². The van der Waals surface area contributed by atoms with Gasteiger partial charge in [0.25, 0.3) is 0 Å². The summed E-state index contributed by atoms with van der Waals surface area (Å²) in [6.07, 6.45) is 1.66. The number of benzene rings is 1. The molecule has 0 saturated heterocycles. The van der Waals surface area contributed by atoms with Gasteiger partial charge in [-0.15, -0.1) is 11.3 Å². The van der Waals surface area contributed by atoms with Gasteiger partial charge in [0.2, 0.25) is 10.0 Å². The molecular formula is C13H17N3O2S2. The Morgan fingerprint density at radius 2 is 2.05 bits per heavy atom. The number of hydrogen-bond donors (Lipinski definition) is 2. The number of sulfonamides is 1. The summed E-state index contributed by atoms with van der Waals surface area (Å²) in [5, 5.41) is 2.53. The van der Waals surface area contributed by atoms with Crippen molar-refractivity contribution in [3.05, 3.63) is 40.3 Å². The van der Waals surface area contributed by atoms with Crippen LogP contribution in [0.1, 0.15) is 24.4 Å². The number of hydrogen-bond acceptors (Lipinski definition) is 5. The molecule has 0 fully saturated rings. The number of rotatable bonds is 4. The topological polar surface area (TPSA) is 85.1 Å². The molecule has 1 aromatic heterocycles. The van der Waals surface area contributed by atoms with Crippen LogP contribution in [-0.2, 0) is 15.6 Å². The Morgan fingerprint density at radius 3 is 2.60 bits per heavy atom. The summed E-state index contributed by atoms with van der Waals surface area (Å²) in [4.78, 5) is 4.37. The van der Waals surface area contributed by atoms with Gasteiger partial charge in [-0.1, -0.05) is 0 Å². The number of thiazole rings is 1. The van der Waals surface area contributed by atoms with E-state index in [2.05, 4.69) is 9.71 Å². The van der Waals surface area contributed by atoms with Gasteiger partial charge in [0, 0.05) is 17.3 Å². The zero-order valence-corrected chi connectivity index (χ0v) is 13.2. The fraction of sp³-hybridized carbons (Fsp3) is 0.308. The van der Waals surface area contributed by atoms with Gasteiger partial charge in [-0.3, -0.25) is 0 Å². The lowest BCUT2D eigenvalue weighted by Gasteiger charge is -2.23. The smallest absolute Gasteiger partial charge is 0.241 e. The van der Waals surface area contributed by atoms with Crippen LogP contribution in [0, 0.1) is 6.92 Å². The molecule has 1 heterocycles. The minimum absolute atomic E-state index is 0.203. The summed E-state index contributed by atoms with van der Waals surface area (Å²) in [5.41, 5.74) is 6.26. The third-order valence-corrected chi connectivity index (χ3v) is 5.66. The number of nitrogens with one attached hydrogen (secondary N) is 1. The third-order valence-electron chi connectivity index (χ3n) is 2.91. The highest BCUT2D eigenvalue weighted by atomic mass is 32.2. The fourth-order valence-corrected chi connectivity index (χ4v) is 4.03. The van der Waals surface area contributed by atoms with Crippen molar-refractivity contribution in [1.82, 2.24) is 9.71 Å². The summed E-state index contributed by atoms with van der Waals surface area (Å²) in [5.74, 6) is 0. The Labute approximate surface area is 122 Å². The van der Waals surface area contributed by atoms with E-state index in [1.54, 1.807) is 39.1 Å². The van der Waals surface area contributed by atoms with Gasteiger partial charge in [0.05, 0.1) is 10.4 Å². The predicted octanol–water partition coefficient (Wildman–Crippen LogP) is 2.25. The molecule has 5 nitrogen and oxygen atoms in total. The van der Waals surface area contributed by atoms with Gasteiger partial charge in [-0.2, -0.15) is 4.72 Å². The highest BCUT2D eigenvalue weighted by Crippen LogP contribution is 2.25. The molecule has 0 bridgehead atoms. The monoisotopic (exact) mass is 311 g/mol. The molecule has 1 aromatic carbocycles. The van der Waals surface area contributed by atoms with Crippen LogP contribution < -0.4 is 10.5 Å². The summed E-state index contributed by atoms with van der Waals surface area (Å²) in [6, 6.07) is 4.67. The number of nitrogens with zero attached hydrogens (tertiary/aromatic N) is 1. The minimum atomic E-state index is -3.62. The van der Waals surface area contributed by atoms with Crippen molar-refractivity contribution in [3.63, 3.8) is 0 Å². The van der Waals surface area contributed by atoms with E-state index < -0.39 is 15.6 Å². The molecule has 0 radical (unpaired) electrons. The van der Waals surface area contributed by atoms with Crippen LogP contribution in [0.2, 0.25) is 0 Å². The van der Waals surface area contributed by atoms with Gasteiger partial charge in [0.1, 0.15) is 5.01 Å². The number of nitrogens with two attached hydrogens (primary N) is 1. The predicted molar refractivity (Wildman–Crippen MR) is 81.1 cm³/mol. The molecule has 0 amide bonds. The van der Waals surface area contributed by atoms with Gasteiger partial charge >= 0.3 is 0 Å². The first kappa shape index (κ1) is 15.0. The van der Waals surface area contributed by atoms with Crippen LogP contribution in [0.25, 0.3) is 0 Å². The van der Waals surface area contributed by atoms with Crippen molar-refractivity contribution in [2.75, 3.05) is 5.73 Å². The van der Waals surface area contributed by atoms with Crippen molar-refractivity contribution >= 4 is 27.0 Å². The molecule has 0 atom stereocenters. The number of aromatic nitrogens is 1. The first-order valence-corrected chi connectivity index (χ1v) is 8.39. The molecule has 108 valence electrons. The summed E-state index contributed by atoms with van der Waals surface area (Å²) in [6.45, 7) is 5.35. The third kappa shape index (κ3) is 3.00. The fourth-order valence-electron chi connectivity index (χ4n) is 1.79. The van der Waals surface area contributed by atoms with Crippen LogP contribution in [-0.4, -0.2) is 13.4 Å². The van der Waals surface area contributed by atoms with E-state index in [4.69, 9.17) is 5.73 Å². The van der Waals surface area contributed by atoms with E-state index in [-0.39, 0.29) is 4.90 Å². The highest BCUT2D eigenvalue weighted by Gasteiger charge is 2.30. The molecule has 2 rings (SSSR count). The second-order valence-corrected chi connectivity index (χ2v) is 7.66. The molecule has 0 aliphatic heterocycles. The number of anilines is 1. The zero-order chi connectivity index (χ0) is 15.0. The second-order valence-electron chi connectivity index (χ2n) is 5.09. The van der Waals surface area contributed by atoms with Crippen LogP contribution in [0.15, 0.2) is 34.7 Å². The molecule has 0 aliphatic carbocycles. The Bertz CT molecular complexity index is 707. The van der Waals surface area contributed by atoms with E-state index in [1.165, 1.54) is 17.4 Å². The average molecular weight is 311 g/mol. The van der Waals surface area contributed by atoms with E-state index in [1.807, 2.05) is 5.38 Å². The normalized spacial score (nSPS) is 12.6. The largest absolute Gasteiger partial charge is 0.399 e. The van der Waals surface area contributed by atoms with E-state index in [9.17, 15) is 8.42 Å². The minimum Gasteiger partial charge on any atom is -0.399 e. The zero-order valence-electron chi connectivity index (χ0n) is 11.5. The Balaban J connectivity index is 2.34. The maximum Gasteiger partial charge on any atom is 0.241 e. The SMILES string of the molecule is Cc1cc(S(=O)(=O)NC(C)(C)c2nccs2)ccc1N. The van der Waals surface area contributed by atoms with Gasteiger partial charge in [0.15, 0.2) is 0 Å². The van der Waals surface area contributed by atoms with Crippen LogP contribution in [0.5, 0.6) is 0 Å². The lowest BCUT2D eigenvalue weighted by molar-refractivity contribution is 0.470. The van der Waals surface area contributed by atoms with Crippen LogP contribution in [0.3, 0.4) is 0 Å². The molecule has 20 heavy (non-hydrogen) atoms. The maximum atomic E-state index is 12.4. The standard InChI is InChI=1S/C13H17N3O2S2/c1-9-8-10(4-5-11(9)14)20(17,18)16-13(2,3)12-15-6-7-19-12/h4-8,16H,14H2,1-3H3. The molecule has 0 saturated carbocycles. The van der Waals surface area contributed by atoms with Gasteiger partial charge in [-0.05, 0) is 44.5 Å².